The van der Waals surface area contributed by atoms with Crippen LogP contribution < -0.4 is 5.56 Å². The third-order valence-electron chi connectivity index (χ3n) is 3.49. The molecule has 3 aromatic heterocycles. The van der Waals surface area contributed by atoms with Crippen molar-refractivity contribution >= 4 is 17.2 Å². The maximum atomic E-state index is 12.5. The van der Waals surface area contributed by atoms with Gasteiger partial charge in [-0.05, 0) is 23.8 Å². The van der Waals surface area contributed by atoms with Crippen molar-refractivity contribution in [3.05, 3.63) is 64.3 Å². The van der Waals surface area contributed by atoms with Crippen molar-refractivity contribution in [2.45, 2.75) is 0 Å². The number of rotatable bonds is 2. The van der Waals surface area contributed by atoms with E-state index in [2.05, 4.69) is 20.3 Å². The molecule has 22 heavy (non-hydrogen) atoms. The normalized spacial score (nSPS) is 11.1. The summed E-state index contributed by atoms with van der Waals surface area (Å²) in [6.07, 6.45) is 4.90. The number of fused-ring (bicyclic) bond motifs is 1. The monoisotopic (exact) mass is 311 g/mol. The van der Waals surface area contributed by atoms with E-state index in [0.29, 0.717) is 21.9 Å². The van der Waals surface area contributed by atoms with E-state index in [1.807, 2.05) is 12.1 Å². The van der Waals surface area contributed by atoms with Crippen molar-refractivity contribution in [3.63, 3.8) is 0 Å². The number of hydrogen-bond donors (Lipinski definition) is 2. The molecule has 2 N–H and O–H groups in total. The molecule has 0 aliphatic carbocycles. The molecule has 0 bridgehead atoms. The molecule has 0 fully saturated rings. The van der Waals surface area contributed by atoms with Crippen LogP contribution in [0.4, 0.5) is 0 Å². The fourth-order valence-electron chi connectivity index (χ4n) is 2.39. The quantitative estimate of drug-likeness (QED) is 0.597. The van der Waals surface area contributed by atoms with Gasteiger partial charge in [0.15, 0.2) is 5.65 Å². The number of benzene rings is 1. The summed E-state index contributed by atoms with van der Waals surface area (Å²) in [5, 5.41) is 10.2. The Balaban J connectivity index is 1.92. The van der Waals surface area contributed by atoms with E-state index >= 15 is 0 Å². The van der Waals surface area contributed by atoms with Crippen LogP contribution in [0.2, 0.25) is 5.02 Å². The third kappa shape index (κ3) is 1.93. The van der Waals surface area contributed by atoms with Gasteiger partial charge in [-0.3, -0.25) is 15.0 Å². The molecule has 0 radical (unpaired) electrons. The standard InChI is InChI=1S/C15H10ClN5O/c16-10-3-1-9(2-4-10)11-8-19-21-14(11)17-7-12(15(21)22)13-5-6-18-20-13/h1-8,19H,(H,18,20). The highest BCUT2D eigenvalue weighted by atomic mass is 35.5. The lowest BCUT2D eigenvalue weighted by Crippen LogP contribution is -2.17. The summed E-state index contributed by atoms with van der Waals surface area (Å²) >= 11 is 5.91. The molecule has 4 aromatic rings. The Kier molecular flexibility index (Phi) is 2.83. The van der Waals surface area contributed by atoms with Crippen molar-refractivity contribution in [1.82, 2.24) is 24.8 Å². The van der Waals surface area contributed by atoms with E-state index in [1.165, 1.54) is 4.52 Å². The van der Waals surface area contributed by atoms with Crippen molar-refractivity contribution in [1.29, 1.82) is 0 Å². The number of nitrogens with zero attached hydrogens (tertiary/aromatic N) is 3. The molecule has 4 rings (SSSR count). The summed E-state index contributed by atoms with van der Waals surface area (Å²) in [5.74, 6) is 0. The van der Waals surface area contributed by atoms with E-state index in [9.17, 15) is 4.79 Å². The Morgan fingerprint density at radius 2 is 1.91 bits per heavy atom. The minimum absolute atomic E-state index is 0.186. The number of halogens is 1. The summed E-state index contributed by atoms with van der Waals surface area (Å²) < 4.78 is 1.42. The third-order valence-corrected chi connectivity index (χ3v) is 3.74. The van der Waals surface area contributed by atoms with Gasteiger partial charge in [0.25, 0.3) is 5.56 Å². The lowest BCUT2D eigenvalue weighted by Gasteiger charge is -2.01. The van der Waals surface area contributed by atoms with E-state index < -0.39 is 0 Å². The van der Waals surface area contributed by atoms with Crippen LogP contribution >= 0.6 is 11.6 Å². The highest BCUT2D eigenvalue weighted by Gasteiger charge is 2.13. The predicted molar refractivity (Wildman–Crippen MR) is 83.8 cm³/mol. The van der Waals surface area contributed by atoms with Gasteiger partial charge in [-0.15, -0.1) is 0 Å². The molecular formula is C15H10ClN5O. The van der Waals surface area contributed by atoms with Gasteiger partial charge in [-0.1, -0.05) is 23.7 Å². The second-order valence-corrected chi connectivity index (χ2v) is 5.24. The zero-order chi connectivity index (χ0) is 15.1. The van der Waals surface area contributed by atoms with Gasteiger partial charge in [-0.2, -0.15) is 5.10 Å². The first kappa shape index (κ1) is 12.8. The van der Waals surface area contributed by atoms with Gasteiger partial charge in [0.1, 0.15) is 0 Å². The van der Waals surface area contributed by atoms with Crippen LogP contribution in [0.1, 0.15) is 0 Å². The minimum Gasteiger partial charge on any atom is -0.296 e. The van der Waals surface area contributed by atoms with Gasteiger partial charge in [0, 0.05) is 29.2 Å². The van der Waals surface area contributed by atoms with Crippen molar-refractivity contribution in [2.75, 3.05) is 0 Å². The number of hydrogen-bond acceptors (Lipinski definition) is 3. The fraction of sp³-hybridized carbons (Fsp3) is 0. The van der Waals surface area contributed by atoms with Crippen LogP contribution in [0.5, 0.6) is 0 Å². The Bertz CT molecular complexity index is 999. The van der Waals surface area contributed by atoms with Gasteiger partial charge in [0.2, 0.25) is 0 Å². The topological polar surface area (TPSA) is 78.8 Å². The van der Waals surface area contributed by atoms with Gasteiger partial charge in [-0.25, -0.2) is 9.50 Å². The molecule has 0 saturated heterocycles. The van der Waals surface area contributed by atoms with Crippen LogP contribution in [-0.2, 0) is 0 Å². The van der Waals surface area contributed by atoms with Crippen molar-refractivity contribution in [3.8, 4) is 22.4 Å². The second-order valence-electron chi connectivity index (χ2n) is 4.80. The molecule has 0 spiro atoms. The molecule has 6 nitrogen and oxygen atoms in total. The fourth-order valence-corrected chi connectivity index (χ4v) is 2.52. The summed E-state index contributed by atoms with van der Waals surface area (Å²) in [5.41, 5.74) is 3.24. The molecule has 0 atom stereocenters. The number of aromatic nitrogens is 5. The van der Waals surface area contributed by atoms with E-state index in [1.54, 1.807) is 36.8 Å². The number of aromatic amines is 2. The Labute approximate surface area is 129 Å². The maximum Gasteiger partial charge on any atom is 0.282 e. The second kappa shape index (κ2) is 4.85. The molecule has 3 heterocycles. The lowest BCUT2D eigenvalue weighted by atomic mass is 10.1. The van der Waals surface area contributed by atoms with Gasteiger partial charge in [0.05, 0.1) is 11.3 Å². The highest BCUT2D eigenvalue weighted by molar-refractivity contribution is 6.30. The Morgan fingerprint density at radius 1 is 1.09 bits per heavy atom. The Hall–Kier alpha value is -2.86. The lowest BCUT2D eigenvalue weighted by molar-refractivity contribution is 0.899. The van der Waals surface area contributed by atoms with Crippen LogP contribution in [0.15, 0.2) is 53.7 Å². The van der Waals surface area contributed by atoms with Gasteiger partial charge < -0.3 is 0 Å². The van der Waals surface area contributed by atoms with Crippen molar-refractivity contribution in [2.24, 2.45) is 0 Å². The summed E-state index contributed by atoms with van der Waals surface area (Å²) in [4.78, 5) is 17.0. The SMILES string of the molecule is O=c1c(-c2ccn[nH]2)cnc2c(-c3ccc(Cl)cc3)c[nH]n12. The molecule has 0 unspecified atom stereocenters. The minimum atomic E-state index is -0.186. The average molecular weight is 312 g/mol. The summed E-state index contributed by atoms with van der Waals surface area (Å²) in [6, 6.07) is 9.11. The van der Waals surface area contributed by atoms with Crippen molar-refractivity contribution < 1.29 is 0 Å². The van der Waals surface area contributed by atoms with Gasteiger partial charge >= 0.3 is 0 Å². The zero-order valence-corrected chi connectivity index (χ0v) is 12.0. The molecule has 0 aliphatic heterocycles. The number of nitrogens with one attached hydrogen (secondary N) is 2. The molecule has 7 heteroatoms. The Morgan fingerprint density at radius 3 is 2.64 bits per heavy atom. The van der Waals surface area contributed by atoms with Crippen LogP contribution in [0.25, 0.3) is 28.0 Å². The molecule has 1 aromatic carbocycles. The smallest absolute Gasteiger partial charge is 0.282 e. The summed E-state index contributed by atoms with van der Waals surface area (Å²) in [6.45, 7) is 0. The van der Waals surface area contributed by atoms with E-state index in [0.717, 1.165) is 11.1 Å². The van der Waals surface area contributed by atoms with E-state index in [4.69, 9.17) is 11.6 Å². The molecular weight excluding hydrogens is 302 g/mol. The first-order valence-corrected chi connectivity index (χ1v) is 6.96. The summed E-state index contributed by atoms with van der Waals surface area (Å²) in [7, 11) is 0. The number of H-pyrrole nitrogens is 2. The predicted octanol–water partition coefficient (Wildman–Crippen LogP) is 2.73. The van der Waals surface area contributed by atoms with Crippen LogP contribution in [-0.4, -0.2) is 24.8 Å². The van der Waals surface area contributed by atoms with E-state index in [-0.39, 0.29) is 5.56 Å². The maximum absolute atomic E-state index is 12.5. The van der Waals surface area contributed by atoms with Crippen LogP contribution in [0.3, 0.4) is 0 Å². The largest absolute Gasteiger partial charge is 0.296 e. The first-order valence-electron chi connectivity index (χ1n) is 6.59. The average Bonchev–Trinajstić information content (AvgIpc) is 3.18. The molecule has 0 aliphatic rings. The highest BCUT2D eigenvalue weighted by Crippen LogP contribution is 2.24. The molecule has 108 valence electrons. The molecule has 0 amide bonds. The first-order chi connectivity index (χ1) is 10.7. The zero-order valence-electron chi connectivity index (χ0n) is 11.2. The molecule has 0 saturated carbocycles. The van der Waals surface area contributed by atoms with Crippen LogP contribution in [0, 0.1) is 0 Å².